The molecule has 0 aliphatic carbocycles. The number of hydrogen-bond donors (Lipinski definition) is 0. The van der Waals surface area contributed by atoms with Crippen molar-refractivity contribution in [1.82, 2.24) is 0 Å². The smallest absolute Gasteiger partial charge is 0 e. The molecule has 0 N–H and O–H groups in total. The molecule has 1 heteroatoms. The maximum absolute atomic E-state index is 3.49. The van der Waals surface area contributed by atoms with Crippen LogP contribution in [0, 0.1) is 14.4 Å². The van der Waals surface area contributed by atoms with Gasteiger partial charge in [-0.2, -0.15) is 6.42 Å². The topological polar surface area (TPSA) is 0 Å². The zero-order valence-corrected chi connectivity index (χ0v) is 6.83. The number of rotatable bonds is 0. The molecule has 0 aliphatic heterocycles. The first-order valence-corrected chi connectivity index (χ1v) is 1.21. The Morgan fingerprint density at radius 1 is 1.00 bits per heavy atom. The molecule has 0 aromatic carbocycles. The maximum atomic E-state index is 3.49. The molecule has 0 aliphatic rings. The van der Waals surface area contributed by atoms with Crippen molar-refractivity contribution in [2.24, 2.45) is 0 Å². The zero-order valence-electron chi connectivity index (χ0n) is 3.99. The van der Waals surface area contributed by atoms with Crippen LogP contribution in [0.5, 0.6) is 0 Å². The van der Waals surface area contributed by atoms with Crippen molar-refractivity contribution in [3.63, 3.8) is 0 Å². The average molecular weight is 211 g/mol. The van der Waals surface area contributed by atoms with Crippen LogP contribution in [0.3, 0.4) is 0 Å². The predicted octanol–water partition coefficient (Wildman–Crippen LogP) is 4.22. The van der Waals surface area contributed by atoms with E-state index in [4.69, 9.17) is 0 Å². The molecule has 63 valence electrons. The normalized spacial score (nSPS) is 2.00. The fourth-order valence-corrected chi connectivity index (χ4v) is 0. The molecule has 0 bridgehead atoms. The summed E-state index contributed by atoms with van der Waals surface area (Å²) in [6.07, 6.45) is 1.00. The predicted molar refractivity (Wildman–Crippen MR) is 49.0 cm³/mol. The van der Waals surface area contributed by atoms with Crippen molar-refractivity contribution < 1.29 is 32.7 Å². The van der Waals surface area contributed by atoms with E-state index in [9.17, 15) is 0 Å². The van der Waals surface area contributed by atoms with Gasteiger partial charge in [-0.25, -0.2) is 0 Å². The van der Waals surface area contributed by atoms with E-state index in [1.165, 1.54) is 0 Å². The van der Waals surface area contributed by atoms with Gasteiger partial charge in [0.15, 0.2) is 0 Å². The monoisotopic (exact) mass is 211 g/mol. The summed E-state index contributed by atoms with van der Waals surface area (Å²) in [7, 11) is 0. The first kappa shape index (κ1) is 86.9. The summed E-state index contributed by atoms with van der Waals surface area (Å²) in [6.45, 7) is 5.50. The SMILES string of the molecule is C.C.C.C.[CH2-]CC.[CH3-].[Y]. The van der Waals surface area contributed by atoms with E-state index in [0.717, 1.165) is 6.42 Å². The van der Waals surface area contributed by atoms with Crippen molar-refractivity contribution in [1.29, 1.82) is 0 Å². The summed E-state index contributed by atoms with van der Waals surface area (Å²) in [4.78, 5) is 0. The zero-order chi connectivity index (χ0) is 2.71. The Kier molecular flexibility index (Phi) is 1300. The van der Waals surface area contributed by atoms with E-state index in [0.29, 0.717) is 0 Å². The molecular formula is C8H26Y-2. The molecule has 1 radical (unpaired) electrons. The van der Waals surface area contributed by atoms with Gasteiger partial charge in [-0.05, 0) is 0 Å². The van der Waals surface area contributed by atoms with Crippen molar-refractivity contribution in [2.45, 2.75) is 43.1 Å². The molecule has 0 amide bonds. The van der Waals surface area contributed by atoms with Gasteiger partial charge in [0.2, 0.25) is 0 Å². The second-order valence-corrected chi connectivity index (χ2v) is 0.500. The Morgan fingerprint density at radius 3 is 1.00 bits per heavy atom. The fourth-order valence-electron chi connectivity index (χ4n) is 0. The molecule has 0 nitrogen and oxygen atoms in total. The van der Waals surface area contributed by atoms with Crippen LogP contribution in [-0.4, -0.2) is 0 Å². The van der Waals surface area contributed by atoms with Gasteiger partial charge in [-0.15, -0.1) is 0 Å². The summed E-state index contributed by atoms with van der Waals surface area (Å²) >= 11 is 0. The molecule has 0 aromatic heterocycles. The van der Waals surface area contributed by atoms with Gasteiger partial charge < -0.3 is 14.4 Å². The van der Waals surface area contributed by atoms with Gasteiger partial charge in [-0.1, -0.05) is 36.6 Å². The molecule has 0 atom stereocenters. The van der Waals surface area contributed by atoms with Crippen LogP contribution in [0.15, 0.2) is 0 Å². The van der Waals surface area contributed by atoms with Crippen molar-refractivity contribution in [2.75, 3.05) is 0 Å². The summed E-state index contributed by atoms with van der Waals surface area (Å²) in [5.74, 6) is 0. The Morgan fingerprint density at radius 2 is 1.00 bits per heavy atom. The van der Waals surface area contributed by atoms with Gasteiger partial charge in [0.05, 0.1) is 0 Å². The molecular weight excluding hydrogens is 185 g/mol. The third-order valence-corrected chi connectivity index (χ3v) is 0. The summed E-state index contributed by atoms with van der Waals surface area (Å²) in [5, 5.41) is 0. The summed E-state index contributed by atoms with van der Waals surface area (Å²) in [6, 6.07) is 0. The maximum Gasteiger partial charge on any atom is 0 e. The van der Waals surface area contributed by atoms with Gasteiger partial charge >= 0.3 is 0 Å². The van der Waals surface area contributed by atoms with Crippen LogP contribution in [0.25, 0.3) is 0 Å². The van der Waals surface area contributed by atoms with Crippen molar-refractivity contribution in [3.8, 4) is 0 Å². The van der Waals surface area contributed by atoms with E-state index in [2.05, 4.69) is 6.92 Å². The molecule has 0 saturated carbocycles. The Labute approximate surface area is 89.7 Å². The molecule has 0 saturated heterocycles. The first-order valence-electron chi connectivity index (χ1n) is 1.21. The van der Waals surface area contributed by atoms with Crippen LogP contribution >= 0.6 is 0 Å². The molecule has 0 rings (SSSR count). The van der Waals surface area contributed by atoms with Gasteiger partial charge in [-0.3, -0.25) is 0 Å². The minimum Gasteiger partial charge on any atom is -0.358 e. The van der Waals surface area contributed by atoms with E-state index < -0.39 is 0 Å². The molecule has 0 unspecified atom stereocenters. The standard InChI is InChI=1S/C3H7.4CH4.CH3.Y/c1-3-2;;;;;;/h1,3H2,2H3;4*1H4;1H3;/q-1;;;;;-1;. The third kappa shape index (κ3) is 377. The van der Waals surface area contributed by atoms with Crippen molar-refractivity contribution in [3.05, 3.63) is 14.4 Å². The van der Waals surface area contributed by atoms with Crippen LogP contribution in [0.2, 0.25) is 0 Å². The fraction of sp³-hybridized carbons (Fsp3) is 0.750. The number of hydrogen-bond acceptors (Lipinski definition) is 0. The van der Waals surface area contributed by atoms with Gasteiger partial charge in [0, 0.05) is 32.7 Å². The summed E-state index contributed by atoms with van der Waals surface area (Å²) in [5.41, 5.74) is 0. The summed E-state index contributed by atoms with van der Waals surface area (Å²) < 4.78 is 0. The van der Waals surface area contributed by atoms with E-state index in [-0.39, 0.29) is 69.8 Å². The molecule has 9 heavy (non-hydrogen) atoms. The molecule has 0 heterocycles. The van der Waals surface area contributed by atoms with Crippen LogP contribution in [0.1, 0.15) is 43.1 Å². The third-order valence-electron chi connectivity index (χ3n) is 0. The Hall–Kier alpha value is 1.10. The van der Waals surface area contributed by atoms with Crippen LogP contribution in [0.4, 0.5) is 0 Å². The Bertz CT molecular complexity index is 4.53. The van der Waals surface area contributed by atoms with E-state index in [1.807, 2.05) is 6.92 Å². The molecule has 0 fully saturated rings. The van der Waals surface area contributed by atoms with Crippen LogP contribution < -0.4 is 0 Å². The van der Waals surface area contributed by atoms with Crippen LogP contribution in [-0.2, 0) is 32.7 Å². The second-order valence-electron chi connectivity index (χ2n) is 0.500. The minimum atomic E-state index is 0. The largest absolute Gasteiger partial charge is 0.358 e. The van der Waals surface area contributed by atoms with Crippen molar-refractivity contribution >= 4 is 0 Å². The first-order chi connectivity index (χ1) is 1.41. The van der Waals surface area contributed by atoms with E-state index in [1.54, 1.807) is 0 Å². The second kappa shape index (κ2) is 135. The molecule has 0 aromatic rings. The van der Waals surface area contributed by atoms with Gasteiger partial charge in [0.1, 0.15) is 0 Å². The minimum absolute atomic E-state index is 0. The molecule has 0 spiro atoms. The Balaban J connectivity index is -0.00000000133. The van der Waals surface area contributed by atoms with Gasteiger partial charge in [0.25, 0.3) is 0 Å². The van der Waals surface area contributed by atoms with E-state index >= 15 is 0 Å². The average Bonchev–Trinajstić information content (AvgIpc) is 0.918. The quantitative estimate of drug-likeness (QED) is 0.526.